The number of halogens is 2. The molecule has 29 heavy (non-hydrogen) atoms. The van der Waals surface area contributed by atoms with E-state index in [9.17, 15) is 9.18 Å². The summed E-state index contributed by atoms with van der Waals surface area (Å²) in [6, 6.07) is 16.7. The zero-order valence-corrected chi connectivity index (χ0v) is 17.0. The van der Waals surface area contributed by atoms with Gasteiger partial charge >= 0.3 is 0 Å². The van der Waals surface area contributed by atoms with Gasteiger partial charge in [-0.1, -0.05) is 28.1 Å². The first-order valence-electron chi connectivity index (χ1n) is 8.82. The van der Waals surface area contributed by atoms with Gasteiger partial charge in [-0.25, -0.2) is 4.39 Å². The van der Waals surface area contributed by atoms with Crippen molar-refractivity contribution in [2.75, 3.05) is 7.11 Å². The summed E-state index contributed by atoms with van der Waals surface area (Å²) in [7, 11) is 1.57. The molecule has 0 saturated heterocycles. The molecule has 0 unspecified atom stereocenters. The highest BCUT2D eigenvalue weighted by molar-refractivity contribution is 9.10. The number of methoxy groups -OCH3 is 1. The lowest BCUT2D eigenvalue weighted by Gasteiger charge is -2.07. The van der Waals surface area contributed by atoms with Crippen molar-refractivity contribution in [2.45, 2.75) is 6.61 Å². The molecule has 0 saturated carbocycles. The van der Waals surface area contributed by atoms with Crippen molar-refractivity contribution in [3.05, 3.63) is 93.4 Å². The number of ether oxygens (including phenoxy) is 3. The van der Waals surface area contributed by atoms with Crippen molar-refractivity contribution < 1.29 is 23.4 Å². The molecule has 0 radical (unpaired) electrons. The van der Waals surface area contributed by atoms with Gasteiger partial charge in [-0.2, -0.15) is 0 Å². The largest absolute Gasteiger partial charge is 0.496 e. The SMILES string of the molecule is COc1ccc(Br)cc1/C=C1\Oc2cc(OCc3ccc(F)cc3)ccc2C1=O. The van der Waals surface area contributed by atoms with E-state index < -0.39 is 0 Å². The van der Waals surface area contributed by atoms with Crippen LogP contribution in [0, 0.1) is 5.82 Å². The van der Waals surface area contributed by atoms with Gasteiger partial charge in [0, 0.05) is 16.1 Å². The molecule has 0 fully saturated rings. The van der Waals surface area contributed by atoms with E-state index in [-0.39, 0.29) is 24.0 Å². The Labute approximate surface area is 175 Å². The second kappa shape index (κ2) is 8.09. The molecule has 0 amide bonds. The molecule has 6 heteroatoms. The molecule has 1 aliphatic rings. The zero-order chi connectivity index (χ0) is 20.4. The maximum atomic E-state index is 13.0. The van der Waals surface area contributed by atoms with Crippen LogP contribution in [0.3, 0.4) is 0 Å². The van der Waals surface area contributed by atoms with Crippen LogP contribution in [0.1, 0.15) is 21.5 Å². The van der Waals surface area contributed by atoms with E-state index >= 15 is 0 Å². The van der Waals surface area contributed by atoms with E-state index in [1.54, 1.807) is 43.5 Å². The van der Waals surface area contributed by atoms with Crippen molar-refractivity contribution in [2.24, 2.45) is 0 Å². The highest BCUT2D eigenvalue weighted by atomic mass is 79.9. The van der Waals surface area contributed by atoms with Gasteiger partial charge in [0.2, 0.25) is 5.78 Å². The molecule has 0 atom stereocenters. The van der Waals surface area contributed by atoms with Gasteiger partial charge in [0.15, 0.2) is 5.76 Å². The molecule has 0 N–H and O–H groups in total. The molecule has 4 nitrogen and oxygen atoms in total. The third-order valence-corrected chi connectivity index (χ3v) is 4.93. The standard InChI is InChI=1S/C23H16BrFO4/c1-27-20-9-4-16(24)10-15(20)11-22-23(26)19-8-7-18(12-21(19)29-22)28-13-14-2-5-17(25)6-3-14/h2-12H,13H2,1H3/b22-11-. The minimum atomic E-state index is -0.292. The van der Waals surface area contributed by atoms with Crippen molar-refractivity contribution in [1.29, 1.82) is 0 Å². The van der Waals surface area contributed by atoms with Gasteiger partial charge in [-0.05, 0) is 54.1 Å². The lowest BCUT2D eigenvalue weighted by atomic mass is 10.1. The van der Waals surface area contributed by atoms with Crippen LogP contribution in [0.2, 0.25) is 0 Å². The highest BCUT2D eigenvalue weighted by Gasteiger charge is 2.28. The molecular formula is C23H16BrFO4. The molecule has 1 aliphatic heterocycles. The van der Waals surface area contributed by atoms with E-state index in [1.807, 2.05) is 18.2 Å². The topological polar surface area (TPSA) is 44.8 Å². The van der Waals surface area contributed by atoms with Crippen molar-refractivity contribution in [1.82, 2.24) is 0 Å². The van der Waals surface area contributed by atoms with E-state index in [0.717, 1.165) is 15.6 Å². The number of fused-ring (bicyclic) bond motifs is 1. The Hall–Kier alpha value is -3.12. The predicted octanol–water partition coefficient (Wildman–Crippen LogP) is 5.79. The molecule has 0 bridgehead atoms. The van der Waals surface area contributed by atoms with Gasteiger partial charge in [0.1, 0.15) is 29.7 Å². The molecule has 3 aromatic carbocycles. The van der Waals surface area contributed by atoms with E-state index in [0.29, 0.717) is 22.8 Å². The van der Waals surface area contributed by atoms with Gasteiger partial charge in [-0.15, -0.1) is 0 Å². The lowest BCUT2D eigenvalue weighted by Crippen LogP contribution is -1.99. The average Bonchev–Trinajstić information content (AvgIpc) is 3.02. The smallest absolute Gasteiger partial charge is 0.231 e. The highest BCUT2D eigenvalue weighted by Crippen LogP contribution is 2.36. The number of hydrogen-bond acceptors (Lipinski definition) is 4. The Morgan fingerprint density at radius 2 is 1.86 bits per heavy atom. The Bertz CT molecular complexity index is 1110. The number of carbonyl (C=O) groups excluding carboxylic acids is 1. The summed E-state index contributed by atoms with van der Waals surface area (Å²) in [6.45, 7) is 0.283. The van der Waals surface area contributed by atoms with Gasteiger partial charge < -0.3 is 14.2 Å². The van der Waals surface area contributed by atoms with Crippen LogP contribution < -0.4 is 14.2 Å². The van der Waals surface area contributed by atoms with Crippen LogP contribution >= 0.6 is 15.9 Å². The first kappa shape index (κ1) is 19.2. The number of allylic oxidation sites excluding steroid dienone is 1. The molecule has 0 aromatic heterocycles. The van der Waals surface area contributed by atoms with E-state index in [2.05, 4.69) is 15.9 Å². The summed E-state index contributed by atoms with van der Waals surface area (Å²) in [4.78, 5) is 12.7. The fraction of sp³-hybridized carbons (Fsp3) is 0.0870. The summed E-state index contributed by atoms with van der Waals surface area (Å²) < 4.78 is 30.7. The molecule has 146 valence electrons. The molecule has 0 spiro atoms. The fourth-order valence-corrected chi connectivity index (χ4v) is 3.34. The Balaban J connectivity index is 1.54. The van der Waals surface area contributed by atoms with Crippen LogP contribution in [0.5, 0.6) is 17.2 Å². The monoisotopic (exact) mass is 454 g/mol. The minimum absolute atomic E-state index is 0.202. The quantitative estimate of drug-likeness (QED) is 0.457. The second-order valence-corrected chi connectivity index (χ2v) is 7.31. The maximum Gasteiger partial charge on any atom is 0.231 e. The number of benzene rings is 3. The summed E-state index contributed by atoms with van der Waals surface area (Å²) >= 11 is 3.42. The summed E-state index contributed by atoms with van der Waals surface area (Å²) in [5.41, 5.74) is 2.04. The molecule has 4 rings (SSSR count). The molecule has 3 aromatic rings. The number of rotatable bonds is 5. The van der Waals surface area contributed by atoms with Gasteiger partial charge in [0.25, 0.3) is 0 Å². The van der Waals surface area contributed by atoms with Crippen molar-refractivity contribution in [3.8, 4) is 17.2 Å². The first-order chi connectivity index (χ1) is 14.0. The van der Waals surface area contributed by atoms with Crippen LogP contribution in [0.15, 0.2) is 70.9 Å². The van der Waals surface area contributed by atoms with E-state index in [4.69, 9.17) is 14.2 Å². The third kappa shape index (κ3) is 4.17. The van der Waals surface area contributed by atoms with Crippen molar-refractivity contribution in [3.63, 3.8) is 0 Å². The predicted molar refractivity (Wildman–Crippen MR) is 111 cm³/mol. The minimum Gasteiger partial charge on any atom is -0.496 e. The number of hydrogen-bond donors (Lipinski definition) is 0. The molecule has 1 heterocycles. The summed E-state index contributed by atoms with van der Waals surface area (Å²) in [5.74, 6) is 1.35. The van der Waals surface area contributed by atoms with Crippen LogP contribution in [0.4, 0.5) is 4.39 Å². The summed E-state index contributed by atoms with van der Waals surface area (Å²) in [5, 5.41) is 0. The number of ketones is 1. The number of carbonyl (C=O) groups is 1. The van der Waals surface area contributed by atoms with Crippen LogP contribution in [0.25, 0.3) is 6.08 Å². The Kier molecular flexibility index (Phi) is 5.36. The zero-order valence-electron chi connectivity index (χ0n) is 15.4. The van der Waals surface area contributed by atoms with E-state index in [1.165, 1.54) is 12.1 Å². The molecule has 0 aliphatic carbocycles. The van der Waals surface area contributed by atoms with Crippen LogP contribution in [-0.4, -0.2) is 12.9 Å². The second-order valence-electron chi connectivity index (χ2n) is 6.40. The fourth-order valence-electron chi connectivity index (χ4n) is 2.96. The maximum absolute atomic E-state index is 13.0. The summed E-state index contributed by atoms with van der Waals surface area (Å²) in [6.07, 6.45) is 1.66. The number of Topliss-reactive ketones (excluding diaryl/α,β-unsaturated/α-hetero) is 1. The van der Waals surface area contributed by atoms with Gasteiger partial charge in [0.05, 0.1) is 12.7 Å². The van der Waals surface area contributed by atoms with Gasteiger partial charge in [-0.3, -0.25) is 4.79 Å². The van der Waals surface area contributed by atoms with Crippen LogP contribution in [-0.2, 0) is 6.61 Å². The normalized spacial score (nSPS) is 13.9. The molecular weight excluding hydrogens is 439 g/mol. The average molecular weight is 455 g/mol. The Morgan fingerprint density at radius 1 is 1.07 bits per heavy atom. The van der Waals surface area contributed by atoms with Crippen molar-refractivity contribution >= 4 is 27.8 Å². The third-order valence-electron chi connectivity index (χ3n) is 4.44. The lowest BCUT2D eigenvalue weighted by molar-refractivity contribution is 0.101. The Morgan fingerprint density at radius 3 is 2.62 bits per heavy atom. The first-order valence-corrected chi connectivity index (χ1v) is 9.62.